The van der Waals surface area contributed by atoms with E-state index in [1.807, 2.05) is 24.3 Å². The monoisotopic (exact) mass is 329 g/mol. The number of benzene rings is 1. The lowest BCUT2D eigenvalue weighted by Crippen LogP contribution is -2.33. The second-order valence-electron chi connectivity index (χ2n) is 5.92. The fourth-order valence-electron chi connectivity index (χ4n) is 2.15. The molecule has 0 saturated carbocycles. The van der Waals surface area contributed by atoms with Gasteiger partial charge in [0.15, 0.2) is 6.61 Å². The molecule has 1 heterocycles. The van der Waals surface area contributed by atoms with Gasteiger partial charge in [-0.2, -0.15) is 0 Å². The van der Waals surface area contributed by atoms with Crippen LogP contribution in [-0.4, -0.2) is 28.6 Å². The van der Waals surface area contributed by atoms with Gasteiger partial charge in [-0.15, -0.1) is 0 Å². The molecule has 0 atom stereocenters. The summed E-state index contributed by atoms with van der Waals surface area (Å²) in [5.41, 5.74) is 1.78. The van der Waals surface area contributed by atoms with Gasteiger partial charge >= 0.3 is 0 Å². The molecule has 0 bridgehead atoms. The predicted octanol–water partition coefficient (Wildman–Crippen LogP) is 1.87. The summed E-state index contributed by atoms with van der Waals surface area (Å²) >= 11 is 0. The molecule has 0 aliphatic rings. The van der Waals surface area contributed by atoms with Crippen molar-refractivity contribution in [3.8, 4) is 5.75 Å². The zero-order valence-electron chi connectivity index (χ0n) is 14.3. The Morgan fingerprint density at radius 2 is 2.00 bits per heavy atom. The van der Waals surface area contributed by atoms with Crippen molar-refractivity contribution in [3.05, 3.63) is 58.3 Å². The van der Waals surface area contributed by atoms with Gasteiger partial charge in [0.2, 0.25) is 0 Å². The van der Waals surface area contributed by atoms with E-state index in [1.165, 1.54) is 22.5 Å². The molecule has 6 nitrogen and oxygen atoms in total. The summed E-state index contributed by atoms with van der Waals surface area (Å²) in [4.78, 5) is 27.5. The van der Waals surface area contributed by atoms with E-state index in [0.717, 1.165) is 0 Å². The topological polar surface area (TPSA) is 73.2 Å². The maximum Gasteiger partial charge on any atom is 0.258 e. The number of nitrogens with zero attached hydrogens (tertiary/aromatic N) is 2. The Kier molecular flexibility index (Phi) is 6.12. The van der Waals surface area contributed by atoms with Crippen LogP contribution in [0.4, 0.5) is 0 Å². The van der Waals surface area contributed by atoms with Crippen LogP contribution < -0.4 is 15.6 Å². The van der Waals surface area contributed by atoms with Gasteiger partial charge in [-0.25, -0.2) is 4.98 Å². The van der Waals surface area contributed by atoms with Crippen molar-refractivity contribution in [1.82, 2.24) is 14.9 Å². The lowest BCUT2D eigenvalue weighted by molar-refractivity contribution is -0.123. The van der Waals surface area contributed by atoms with Crippen LogP contribution in [0.1, 0.15) is 31.0 Å². The van der Waals surface area contributed by atoms with Crippen LogP contribution in [-0.2, 0) is 11.3 Å². The maximum absolute atomic E-state index is 11.8. The summed E-state index contributed by atoms with van der Waals surface area (Å²) in [7, 11) is 0. The van der Waals surface area contributed by atoms with Crippen molar-refractivity contribution >= 4 is 5.91 Å². The van der Waals surface area contributed by atoms with Gasteiger partial charge in [0.05, 0.1) is 6.33 Å². The van der Waals surface area contributed by atoms with Crippen LogP contribution in [0.3, 0.4) is 0 Å². The molecule has 0 spiro atoms. The third-order valence-corrected chi connectivity index (χ3v) is 3.61. The van der Waals surface area contributed by atoms with Crippen molar-refractivity contribution in [2.24, 2.45) is 0 Å². The predicted molar refractivity (Wildman–Crippen MR) is 92.3 cm³/mol. The van der Waals surface area contributed by atoms with E-state index in [-0.39, 0.29) is 18.1 Å². The number of aryl methyl sites for hydroxylation is 1. The van der Waals surface area contributed by atoms with E-state index in [4.69, 9.17) is 4.74 Å². The fraction of sp³-hybridized carbons (Fsp3) is 0.389. The number of ether oxygens (including phenoxy) is 1. The van der Waals surface area contributed by atoms with Crippen molar-refractivity contribution in [2.75, 3.05) is 13.2 Å². The van der Waals surface area contributed by atoms with Gasteiger partial charge in [-0.3, -0.25) is 14.2 Å². The Labute approximate surface area is 141 Å². The summed E-state index contributed by atoms with van der Waals surface area (Å²) in [6.07, 6.45) is 1.48. The first-order valence-electron chi connectivity index (χ1n) is 7.98. The highest BCUT2D eigenvalue weighted by Crippen LogP contribution is 2.18. The summed E-state index contributed by atoms with van der Waals surface area (Å²) in [5, 5.41) is 2.72. The van der Waals surface area contributed by atoms with Crippen molar-refractivity contribution in [2.45, 2.75) is 33.2 Å². The van der Waals surface area contributed by atoms with Crippen LogP contribution in [0.2, 0.25) is 0 Å². The molecular formula is C18H23N3O3. The van der Waals surface area contributed by atoms with Crippen LogP contribution in [0, 0.1) is 6.92 Å². The first-order valence-corrected chi connectivity index (χ1v) is 7.98. The summed E-state index contributed by atoms with van der Waals surface area (Å²) in [5.74, 6) is 0.895. The van der Waals surface area contributed by atoms with E-state index in [1.54, 1.807) is 6.92 Å². The lowest BCUT2D eigenvalue weighted by atomic mass is 10.0. The Morgan fingerprint density at radius 1 is 1.29 bits per heavy atom. The molecule has 0 aliphatic heterocycles. The number of hydrogen-bond donors (Lipinski definition) is 1. The molecular weight excluding hydrogens is 306 g/mol. The summed E-state index contributed by atoms with van der Waals surface area (Å²) in [6, 6.07) is 9.18. The molecule has 0 radical (unpaired) electrons. The van der Waals surface area contributed by atoms with E-state index in [2.05, 4.69) is 24.1 Å². The normalized spacial score (nSPS) is 10.7. The van der Waals surface area contributed by atoms with E-state index < -0.39 is 0 Å². The standard InChI is InChI=1S/C18H23N3O3/c1-13(2)15-4-6-16(7-5-15)24-11-17(22)19-8-9-21-12-20-14(3)10-18(21)23/h4-7,10,12-13H,8-9,11H2,1-3H3,(H,19,22). The zero-order chi connectivity index (χ0) is 17.5. The van der Waals surface area contributed by atoms with E-state index in [0.29, 0.717) is 30.5 Å². The molecule has 0 saturated heterocycles. The number of rotatable bonds is 7. The molecule has 24 heavy (non-hydrogen) atoms. The van der Waals surface area contributed by atoms with E-state index in [9.17, 15) is 9.59 Å². The largest absolute Gasteiger partial charge is 0.484 e. The van der Waals surface area contributed by atoms with Crippen molar-refractivity contribution in [1.29, 1.82) is 0 Å². The minimum Gasteiger partial charge on any atom is -0.484 e. The first kappa shape index (κ1) is 17.7. The lowest BCUT2D eigenvalue weighted by Gasteiger charge is -2.10. The Bertz CT molecular complexity index is 736. The van der Waals surface area contributed by atoms with Gasteiger partial charge in [0.25, 0.3) is 11.5 Å². The maximum atomic E-state index is 11.8. The Balaban J connectivity index is 1.74. The average Bonchev–Trinajstić information content (AvgIpc) is 2.55. The van der Waals surface area contributed by atoms with Crippen LogP contribution in [0.25, 0.3) is 0 Å². The summed E-state index contributed by atoms with van der Waals surface area (Å²) in [6.45, 7) is 6.68. The molecule has 1 amide bonds. The molecule has 128 valence electrons. The smallest absolute Gasteiger partial charge is 0.258 e. The minimum absolute atomic E-state index is 0.0535. The van der Waals surface area contributed by atoms with Crippen LogP contribution in [0.15, 0.2) is 41.5 Å². The number of carbonyl (C=O) groups is 1. The first-order chi connectivity index (χ1) is 11.5. The van der Waals surface area contributed by atoms with Gasteiger partial charge in [0.1, 0.15) is 5.75 Å². The number of aromatic nitrogens is 2. The highest BCUT2D eigenvalue weighted by Gasteiger charge is 2.04. The zero-order valence-corrected chi connectivity index (χ0v) is 14.3. The molecule has 0 unspecified atom stereocenters. The van der Waals surface area contributed by atoms with Gasteiger partial charge < -0.3 is 10.1 Å². The molecule has 1 aromatic carbocycles. The molecule has 0 fully saturated rings. The second kappa shape index (κ2) is 8.29. The molecule has 1 aromatic heterocycles. The third-order valence-electron chi connectivity index (χ3n) is 3.61. The molecule has 0 aliphatic carbocycles. The SMILES string of the molecule is Cc1cc(=O)n(CCNC(=O)COc2ccc(C(C)C)cc2)cn1. The molecule has 2 rings (SSSR count). The Morgan fingerprint density at radius 3 is 2.62 bits per heavy atom. The molecule has 1 N–H and O–H groups in total. The summed E-state index contributed by atoms with van der Waals surface area (Å²) < 4.78 is 6.91. The quantitative estimate of drug-likeness (QED) is 0.841. The number of carbonyl (C=O) groups excluding carboxylic acids is 1. The van der Waals surface area contributed by atoms with Gasteiger partial charge in [0, 0.05) is 24.8 Å². The van der Waals surface area contributed by atoms with Crippen LogP contribution >= 0.6 is 0 Å². The van der Waals surface area contributed by atoms with E-state index >= 15 is 0 Å². The molecule has 2 aromatic rings. The molecule has 6 heteroatoms. The highest BCUT2D eigenvalue weighted by atomic mass is 16.5. The number of amides is 1. The van der Waals surface area contributed by atoms with Crippen LogP contribution in [0.5, 0.6) is 5.75 Å². The highest BCUT2D eigenvalue weighted by molar-refractivity contribution is 5.77. The Hall–Kier alpha value is -2.63. The minimum atomic E-state index is -0.226. The number of nitrogens with one attached hydrogen (secondary N) is 1. The van der Waals surface area contributed by atoms with Gasteiger partial charge in [-0.05, 0) is 30.5 Å². The third kappa shape index (κ3) is 5.22. The van der Waals surface area contributed by atoms with Crippen molar-refractivity contribution in [3.63, 3.8) is 0 Å². The fourth-order valence-corrected chi connectivity index (χ4v) is 2.15. The van der Waals surface area contributed by atoms with Gasteiger partial charge in [-0.1, -0.05) is 26.0 Å². The second-order valence-corrected chi connectivity index (χ2v) is 5.92. The van der Waals surface area contributed by atoms with Crippen molar-refractivity contribution < 1.29 is 9.53 Å². The number of hydrogen-bond acceptors (Lipinski definition) is 4. The average molecular weight is 329 g/mol.